The zero-order chi connectivity index (χ0) is 17.6. The molecule has 25 heavy (non-hydrogen) atoms. The van der Waals surface area contributed by atoms with Crippen LogP contribution in [0, 0.1) is 6.08 Å². The number of phosphoric acid groups is 1. The van der Waals surface area contributed by atoms with Crippen LogP contribution in [0.2, 0.25) is 0 Å². The van der Waals surface area contributed by atoms with Gasteiger partial charge in [-0.25, -0.2) is 9.55 Å². The summed E-state index contributed by atoms with van der Waals surface area (Å²) in [7, 11) is -4.78. The number of imidazole rings is 1. The number of ether oxygens (including phenoxy) is 1. The summed E-state index contributed by atoms with van der Waals surface area (Å²) in [6.07, 6.45) is -5.46. The molecule has 1 saturated heterocycles. The molecule has 4 atom stereocenters. The van der Waals surface area contributed by atoms with Crippen molar-refractivity contribution in [2.75, 3.05) is 12.3 Å². The van der Waals surface area contributed by atoms with Crippen LogP contribution in [0.4, 0.5) is 10.2 Å². The van der Waals surface area contributed by atoms with Crippen molar-refractivity contribution in [2.24, 2.45) is 0 Å². The molecule has 6 N–H and O–H groups in total. The molecule has 3 heterocycles. The molecule has 12 nitrogen and oxygen atoms in total. The number of hydrogen-bond acceptors (Lipinski definition) is 9. The molecular formula is C10H14FLiN5O7P. The molecule has 3 rings (SSSR count). The van der Waals surface area contributed by atoms with Gasteiger partial charge in [-0.05, 0) is 0 Å². The molecule has 2 aromatic heterocycles. The predicted molar refractivity (Wildman–Crippen MR) is 74.7 cm³/mol. The number of phosphoric ester groups is 1. The number of rotatable bonds is 4. The Labute approximate surface area is 152 Å². The van der Waals surface area contributed by atoms with Gasteiger partial charge in [0.2, 0.25) is 0 Å². The Morgan fingerprint density at radius 1 is 1.40 bits per heavy atom. The largest absolute Gasteiger partial charge is 1.00 e. The number of nitrogens with two attached hydrogens (primary N) is 1. The van der Waals surface area contributed by atoms with Crippen LogP contribution in [0.1, 0.15) is 7.65 Å². The van der Waals surface area contributed by atoms with E-state index in [2.05, 4.69) is 19.5 Å². The molecule has 0 amide bonds. The number of fused-ring (bicyclic) bond motifs is 1. The minimum atomic E-state index is -4.78. The molecule has 1 fully saturated rings. The third-order valence-corrected chi connectivity index (χ3v) is 3.92. The second-order valence-electron chi connectivity index (χ2n) is 5.03. The summed E-state index contributed by atoms with van der Waals surface area (Å²) in [6.45, 7) is -0.670. The van der Waals surface area contributed by atoms with Gasteiger partial charge >= 0.3 is 32.8 Å². The number of halogens is 1. The average Bonchev–Trinajstić information content (AvgIpc) is 3.00. The maximum Gasteiger partial charge on any atom is 1.00 e. The Morgan fingerprint density at radius 2 is 2.08 bits per heavy atom. The van der Waals surface area contributed by atoms with E-state index in [1.54, 1.807) is 0 Å². The Morgan fingerprint density at radius 3 is 2.72 bits per heavy atom. The van der Waals surface area contributed by atoms with Gasteiger partial charge < -0.3 is 31.9 Å². The topological polar surface area (TPSA) is 186 Å². The van der Waals surface area contributed by atoms with E-state index in [9.17, 15) is 19.2 Å². The summed E-state index contributed by atoms with van der Waals surface area (Å²) in [5.41, 5.74) is 5.52. The Balaban J connectivity index is 0.00000169. The van der Waals surface area contributed by atoms with E-state index in [1.807, 2.05) is 0 Å². The van der Waals surface area contributed by atoms with Gasteiger partial charge in [-0.2, -0.15) is 14.4 Å². The van der Waals surface area contributed by atoms with Crippen molar-refractivity contribution in [3.05, 3.63) is 12.4 Å². The Hall–Kier alpha value is -1.13. The number of aliphatic hydroxyl groups is 2. The zero-order valence-electron chi connectivity index (χ0n) is 13.8. The fraction of sp³-hybridized carbons (Fsp3) is 0.500. The van der Waals surface area contributed by atoms with Crippen molar-refractivity contribution in [3.63, 3.8) is 0 Å². The average molecular weight is 373 g/mol. The van der Waals surface area contributed by atoms with E-state index in [-0.39, 0.29) is 37.3 Å². The molecule has 2 aromatic rings. The summed E-state index contributed by atoms with van der Waals surface area (Å²) in [5.74, 6) is -0.217. The molecule has 0 aliphatic carbocycles. The number of nitrogen functional groups attached to an aromatic ring is 1. The molecule has 1 aliphatic rings. The number of hydrogen-bond donors (Lipinski definition) is 5. The standard InChI is InChI=1S/C10H13FN5O7P.Li.H/c11-10-14-7(12)4-8(15-10)16(2-13-4)9-6(18)5(17)3(23-9)1-22-24(19,20)21;;/h2-3,5-6,9,17-18H,1H2,(H2,12,14,15)(H2,19,20,21);;/q;+1;-1/t3-,5-,6+,9-;;/m1../s1. The van der Waals surface area contributed by atoms with Crippen molar-refractivity contribution in [1.82, 2.24) is 19.5 Å². The molecule has 0 unspecified atom stereocenters. The van der Waals surface area contributed by atoms with E-state index >= 15 is 0 Å². The quantitative estimate of drug-likeness (QED) is 0.197. The Bertz CT molecular complexity index is 824. The first-order chi connectivity index (χ1) is 11.2. The van der Waals surface area contributed by atoms with Crippen molar-refractivity contribution in [1.29, 1.82) is 0 Å². The fourth-order valence-electron chi connectivity index (χ4n) is 2.36. The molecule has 15 heteroatoms. The van der Waals surface area contributed by atoms with Gasteiger partial charge in [0.15, 0.2) is 23.2 Å². The van der Waals surface area contributed by atoms with Gasteiger partial charge in [0, 0.05) is 0 Å². The van der Waals surface area contributed by atoms with E-state index in [0.717, 1.165) is 10.9 Å². The van der Waals surface area contributed by atoms with Gasteiger partial charge in [-0.3, -0.25) is 9.09 Å². The summed E-state index contributed by atoms with van der Waals surface area (Å²) >= 11 is 0. The van der Waals surface area contributed by atoms with Crippen LogP contribution < -0.4 is 24.6 Å². The van der Waals surface area contributed by atoms with Crippen LogP contribution >= 0.6 is 7.82 Å². The van der Waals surface area contributed by atoms with Gasteiger partial charge in [-0.15, -0.1) is 0 Å². The number of anilines is 1. The normalized spacial score (nSPS) is 26.8. The van der Waals surface area contributed by atoms with Crippen LogP contribution in [0.15, 0.2) is 6.33 Å². The van der Waals surface area contributed by atoms with Gasteiger partial charge in [0.05, 0.1) is 12.9 Å². The molecule has 134 valence electrons. The van der Waals surface area contributed by atoms with Gasteiger partial charge in [-0.1, -0.05) is 0 Å². The van der Waals surface area contributed by atoms with Crippen LogP contribution in [0.25, 0.3) is 11.2 Å². The maximum atomic E-state index is 13.3. The third-order valence-electron chi connectivity index (χ3n) is 3.44. The summed E-state index contributed by atoms with van der Waals surface area (Å²) in [5, 5.41) is 20.0. The van der Waals surface area contributed by atoms with E-state index < -0.39 is 45.0 Å². The second kappa shape index (κ2) is 7.24. The summed E-state index contributed by atoms with van der Waals surface area (Å²) in [4.78, 5) is 28.1. The summed E-state index contributed by atoms with van der Waals surface area (Å²) in [6, 6.07) is 0. The first kappa shape index (κ1) is 20.2. The molecular weight excluding hydrogens is 359 g/mol. The monoisotopic (exact) mass is 373 g/mol. The molecule has 0 bridgehead atoms. The third kappa shape index (κ3) is 4.00. The van der Waals surface area contributed by atoms with Crippen molar-refractivity contribution in [2.45, 2.75) is 24.5 Å². The van der Waals surface area contributed by atoms with Crippen LogP contribution in [0.3, 0.4) is 0 Å². The molecule has 0 spiro atoms. The van der Waals surface area contributed by atoms with Crippen molar-refractivity contribution in [3.8, 4) is 0 Å². The SMILES string of the molecule is Nc1nc(F)nc2c1ncn2[C@@H]1O[C@H](COP(=O)(O)O)[C@@H](O)[C@@H]1O.[H-].[Li+]. The van der Waals surface area contributed by atoms with Gasteiger partial charge in [0.25, 0.3) is 0 Å². The molecule has 0 saturated carbocycles. The first-order valence-corrected chi connectivity index (χ1v) is 8.07. The smallest absolute Gasteiger partial charge is 1.00 e. The van der Waals surface area contributed by atoms with Crippen LogP contribution in [0.5, 0.6) is 0 Å². The zero-order valence-corrected chi connectivity index (χ0v) is 13.7. The fourth-order valence-corrected chi connectivity index (χ4v) is 2.71. The van der Waals surface area contributed by atoms with E-state index in [1.165, 1.54) is 0 Å². The van der Waals surface area contributed by atoms with Crippen molar-refractivity contribution >= 4 is 24.8 Å². The number of aromatic nitrogens is 4. The molecule has 0 aromatic carbocycles. The van der Waals surface area contributed by atoms with E-state index in [0.29, 0.717) is 0 Å². The van der Waals surface area contributed by atoms with E-state index in [4.69, 9.17) is 20.3 Å². The molecule has 0 radical (unpaired) electrons. The first-order valence-electron chi connectivity index (χ1n) is 6.54. The van der Waals surface area contributed by atoms with Crippen LogP contribution in [-0.4, -0.2) is 64.4 Å². The Kier molecular flexibility index (Phi) is 5.84. The minimum absolute atomic E-state index is 0. The predicted octanol–water partition coefficient (Wildman–Crippen LogP) is -4.61. The minimum Gasteiger partial charge on any atom is -1.00 e. The summed E-state index contributed by atoms with van der Waals surface area (Å²) < 4.78 is 34.8. The van der Waals surface area contributed by atoms with Crippen LogP contribution in [-0.2, 0) is 13.8 Å². The van der Waals surface area contributed by atoms with Crippen molar-refractivity contribution < 1.29 is 58.5 Å². The second-order valence-corrected chi connectivity index (χ2v) is 6.27. The number of aliphatic hydroxyl groups excluding tert-OH is 2. The molecule has 1 aliphatic heterocycles. The van der Waals surface area contributed by atoms with Gasteiger partial charge in [0.1, 0.15) is 18.3 Å². The maximum absolute atomic E-state index is 13.3. The number of nitrogens with zero attached hydrogens (tertiary/aromatic N) is 4.